The van der Waals surface area contributed by atoms with Gasteiger partial charge in [-0.2, -0.15) is 4.99 Å². The van der Waals surface area contributed by atoms with Crippen LogP contribution in [0.1, 0.15) is 48.9 Å². The highest BCUT2D eigenvalue weighted by Crippen LogP contribution is 2.23. The molecule has 1 amide bonds. The summed E-state index contributed by atoms with van der Waals surface area (Å²) in [5.41, 5.74) is 5.27. The summed E-state index contributed by atoms with van der Waals surface area (Å²) in [5.74, 6) is -0.119. The molecule has 2 aromatic carbocycles. The van der Waals surface area contributed by atoms with E-state index >= 15 is 0 Å². The van der Waals surface area contributed by atoms with Crippen LogP contribution in [0.5, 0.6) is 0 Å². The number of carbonyl (C=O) groups is 2. The predicted octanol–water partition coefficient (Wildman–Crippen LogP) is 4.68. The second-order valence-corrected chi connectivity index (χ2v) is 8.76. The highest BCUT2D eigenvalue weighted by molar-refractivity contribution is 7.16. The number of aryl methyl sites for hydroxylation is 2. The summed E-state index contributed by atoms with van der Waals surface area (Å²) >= 11 is 1.43. The van der Waals surface area contributed by atoms with Crippen LogP contribution in [0.2, 0.25) is 0 Å². The van der Waals surface area contributed by atoms with Crippen molar-refractivity contribution < 1.29 is 14.3 Å². The predicted molar refractivity (Wildman–Crippen MR) is 121 cm³/mol. The molecular weight excluding hydrogens is 396 g/mol. The lowest BCUT2D eigenvalue weighted by Gasteiger charge is -2.07. The third-order valence-electron chi connectivity index (χ3n) is 4.93. The average Bonchev–Trinajstić information content (AvgIpc) is 3.00. The standard InChI is InChI=1S/C24H28N2O3S/c1-6-29-22(28)14-26-20-12-16(4)11-17(5)23(20)30-24(26)25-21(27)13-18-7-9-19(10-8-18)15(2)3/h7-12,15H,6,13-14H2,1-5H3. The van der Waals surface area contributed by atoms with Crippen LogP contribution in [0.25, 0.3) is 10.2 Å². The van der Waals surface area contributed by atoms with Crippen LogP contribution in [0, 0.1) is 13.8 Å². The third-order valence-corrected chi connectivity index (χ3v) is 6.16. The fourth-order valence-electron chi connectivity index (χ4n) is 3.43. The SMILES string of the molecule is CCOC(=O)Cn1c(=NC(=O)Cc2ccc(C(C)C)cc2)sc2c(C)cc(C)cc21. The van der Waals surface area contributed by atoms with Gasteiger partial charge in [0.15, 0.2) is 4.80 Å². The van der Waals surface area contributed by atoms with Crippen molar-refractivity contribution in [2.75, 3.05) is 6.61 Å². The number of hydrogen-bond donors (Lipinski definition) is 0. The maximum absolute atomic E-state index is 12.7. The zero-order valence-electron chi connectivity index (χ0n) is 18.2. The first-order valence-electron chi connectivity index (χ1n) is 10.2. The first-order chi connectivity index (χ1) is 14.3. The quantitative estimate of drug-likeness (QED) is 0.540. The van der Waals surface area contributed by atoms with Gasteiger partial charge in [0.25, 0.3) is 5.91 Å². The van der Waals surface area contributed by atoms with Crippen molar-refractivity contribution in [1.29, 1.82) is 0 Å². The van der Waals surface area contributed by atoms with Gasteiger partial charge < -0.3 is 9.30 Å². The molecule has 158 valence electrons. The van der Waals surface area contributed by atoms with Crippen molar-refractivity contribution in [2.45, 2.75) is 53.5 Å². The molecule has 3 aromatic rings. The molecule has 3 rings (SSSR count). The fourth-order valence-corrected chi connectivity index (χ4v) is 4.52. The Balaban J connectivity index is 1.98. The van der Waals surface area contributed by atoms with Crippen LogP contribution in [0.3, 0.4) is 0 Å². The Kier molecular flexibility index (Phi) is 6.87. The molecule has 30 heavy (non-hydrogen) atoms. The normalized spacial score (nSPS) is 12.0. The molecule has 6 heteroatoms. The number of esters is 1. The minimum Gasteiger partial charge on any atom is -0.465 e. The van der Waals surface area contributed by atoms with Crippen LogP contribution >= 0.6 is 11.3 Å². The van der Waals surface area contributed by atoms with E-state index in [0.29, 0.717) is 17.3 Å². The summed E-state index contributed by atoms with van der Waals surface area (Å²) in [5, 5.41) is 0. The Bertz CT molecular complexity index is 1140. The largest absolute Gasteiger partial charge is 0.465 e. The summed E-state index contributed by atoms with van der Waals surface area (Å²) in [6.07, 6.45) is 0.226. The van der Waals surface area contributed by atoms with Crippen LogP contribution in [0.4, 0.5) is 0 Å². The number of fused-ring (bicyclic) bond motifs is 1. The van der Waals surface area contributed by atoms with Gasteiger partial charge >= 0.3 is 5.97 Å². The number of hydrogen-bond acceptors (Lipinski definition) is 4. The highest BCUT2D eigenvalue weighted by atomic mass is 32.1. The monoisotopic (exact) mass is 424 g/mol. The van der Waals surface area contributed by atoms with Crippen LogP contribution < -0.4 is 4.80 Å². The van der Waals surface area contributed by atoms with E-state index in [1.165, 1.54) is 16.9 Å². The summed E-state index contributed by atoms with van der Waals surface area (Å²) in [6, 6.07) is 12.2. The lowest BCUT2D eigenvalue weighted by atomic mass is 10.0. The molecular formula is C24H28N2O3S. The fraction of sp³-hybridized carbons (Fsp3) is 0.375. The molecule has 1 heterocycles. The summed E-state index contributed by atoms with van der Waals surface area (Å²) in [6.45, 7) is 10.5. The molecule has 0 unspecified atom stereocenters. The average molecular weight is 425 g/mol. The topological polar surface area (TPSA) is 60.7 Å². The molecule has 0 saturated heterocycles. The molecule has 0 aliphatic heterocycles. The molecule has 0 spiro atoms. The number of thiazole rings is 1. The van der Waals surface area contributed by atoms with Gasteiger partial charge in [-0.05, 0) is 55.0 Å². The van der Waals surface area contributed by atoms with Gasteiger partial charge in [0.2, 0.25) is 0 Å². The number of benzene rings is 2. The van der Waals surface area contributed by atoms with Gasteiger partial charge in [-0.15, -0.1) is 0 Å². The number of ether oxygens (including phenoxy) is 1. The number of aromatic nitrogens is 1. The van der Waals surface area contributed by atoms with Crippen molar-refractivity contribution >= 4 is 33.4 Å². The maximum Gasteiger partial charge on any atom is 0.326 e. The van der Waals surface area contributed by atoms with Gasteiger partial charge in [0.05, 0.1) is 23.2 Å². The van der Waals surface area contributed by atoms with E-state index in [1.807, 2.05) is 32.0 Å². The Morgan fingerprint density at radius 1 is 1.13 bits per heavy atom. The number of nitrogens with zero attached hydrogens (tertiary/aromatic N) is 2. The van der Waals surface area contributed by atoms with Gasteiger partial charge in [-0.1, -0.05) is 55.5 Å². The first kappa shape index (κ1) is 22.0. The van der Waals surface area contributed by atoms with Gasteiger partial charge in [-0.3, -0.25) is 9.59 Å². The summed E-state index contributed by atoms with van der Waals surface area (Å²) < 4.78 is 7.94. The molecule has 5 nitrogen and oxygen atoms in total. The zero-order valence-corrected chi connectivity index (χ0v) is 19.0. The van der Waals surface area contributed by atoms with Crippen molar-refractivity contribution in [1.82, 2.24) is 4.57 Å². The molecule has 0 N–H and O–H groups in total. The van der Waals surface area contributed by atoms with E-state index in [4.69, 9.17) is 4.74 Å². The van der Waals surface area contributed by atoms with E-state index in [9.17, 15) is 9.59 Å². The zero-order chi connectivity index (χ0) is 21.8. The summed E-state index contributed by atoms with van der Waals surface area (Å²) in [4.78, 5) is 29.8. The van der Waals surface area contributed by atoms with E-state index in [-0.39, 0.29) is 24.8 Å². The minimum atomic E-state index is -0.338. The van der Waals surface area contributed by atoms with Crippen LogP contribution in [0.15, 0.2) is 41.4 Å². The third kappa shape index (κ3) is 5.05. The molecule has 0 saturated carbocycles. The van der Waals surface area contributed by atoms with Crippen molar-refractivity contribution in [3.05, 3.63) is 63.5 Å². The number of amides is 1. The van der Waals surface area contributed by atoms with E-state index in [0.717, 1.165) is 26.9 Å². The molecule has 0 fully saturated rings. The minimum absolute atomic E-state index is 0.0337. The van der Waals surface area contributed by atoms with Crippen molar-refractivity contribution in [3.63, 3.8) is 0 Å². The van der Waals surface area contributed by atoms with Crippen molar-refractivity contribution in [3.8, 4) is 0 Å². The van der Waals surface area contributed by atoms with Crippen LogP contribution in [-0.4, -0.2) is 23.1 Å². The van der Waals surface area contributed by atoms with E-state index < -0.39 is 0 Å². The molecule has 0 aliphatic carbocycles. The number of carbonyl (C=O) groups excluding carboxylic acids is 2. The Morgan fingerprint density at radius 3 is 2.47 bits per heavy atom. The number of rotatable bonds is 6. The molecule has 0 aliphatic rings. The van der Waals surface area contributed by atoms with Gasteiger partial charge in [-0.25, -0.2) is 0 Å². The highest BCUT2D eigenvalue weighted by Gasteiger charge is 2.14. The second kappa shape index (κ2) is 9.39. The van der Waals surface area contributed by atoms with Crippen molar-refractivity contribution in [2.24, 2.45) is 4.99 Å². The van der Waals surface area contributed by atoms with E-state index in [1.54, 1.807) is 11.5 Å². The van der Waals surface area contributed by atoms with Crippen LogP contribution in [-0.2, 0) is 27.3 Å². The molecule has 0 radical (unpaired) electrons. The lowest BCUT2D eigenvalue weighted by molar-refractivity contribution is -0.143. The molecule has 0 bridgehead atoms. The Morgan fingerprint density at radius 2 is 1.83 bits per heavy atom. The smallest absolute Gasteiger partial charge is 0.326 e. The summed E-state index contributed by atoms with van der Waals surface area (Å²) in [7, 11) is 0. The molecule has 0 atom stereocenters. The van der Waals surface area contributed by atoms with E-state index in [2.05, 4.69) is 37.0 Å². The van der Waals surface area contributed by atoms with Gasteiger partial charge in [0.1, 0.15) is 6.54 Å². The Hall–Kier alpha value is -2.73. The Labute approximate surface area is 181 Å². The first-order valence-corrected chi connectivity index (χ1v) is 11.0. The molecule has 1 aromatic heterocycles. The maximum atomic E-state index is 12.7. The van der Waals surface area contributed by atoms with Gasteiger partial charge in [0, 0.05) is 0 Å². The lowest BCUT2D eigenvalue weighted by Crippen LogP contribution is -2.23. The second-order valence-electron chi connectivity index (χ2n) is 7.78.